The summed E-state index contributed by atoms with van der Waals surface area (Å²) in [6.07, 6.45) is -46.5. The van der Waals surface area contributed by atoms with E-state index < -0.39 is 211 Å². The summed E-state index contributed by atoms with van der Waals surface area (Å²) < 4.78 is 43.7. The Hall–Kier alpha value is -1.24. The third kappa shape index (κ3) is 16.7. The molecule has 28 atom stereocenters. The molecule has 0 aromatic carbocycles. The molecule has 0 aromatic rings. The second kappa shape index (κ2) is 31.5. The molecular formula is C43H81NO30. The number of aliphatic hydroxyl groups excluding tert-OH is 22. The van der Waals surface area contributed by atoms with Gasteiger partial charge in [0.2, 0.25) is 0 Å². The lowest BCUT2D eigenvalue weighted by Gasteiger charge is -2.46. The molecule has 0 aromatic heterocycles. The maximum Gasteiger partial charge on any atom is 0.187 e. The number of ether oxygens (including phenoxy) is 8. The van der Waals surface area contributed by atoms with Crippen LogP contribution in [0.5, 0.6) is 0 Å². The molecule has 74 heavy (non-hydrogen) atoms. The van der Waals surface area contributed by atoms with Crippen molar-refractivity contribution in [1.29, 1.82) is 0 Å². The van der Waals surface area contributed by atoms with Crippen LogP contribution in [0.4, 0.5) is 0 Å². The van der Waals surface area contributed by atoms with Crippen molar-refractivity contribution in [2.45, 2.75) is 217 Å². The molecule has 0 saturated carbocycles. The minimum absolute atomic E-state index is 0.0173. The molecule has 4 fully saturated rings. The van der Waals surface area contributed by atoms with Crippen LogP contribution in [0.1, 0.15) is 44.9 Å². The topological polar surface area (TPSA) is 531 Å². The average molecular weight is 1090 g/mol. The number of unbranched alkanes of at least 4 members (excludes halogenated alkanes) is 5. The van der Waals surface area contributed by atoms with Crippen molar-refractivity contribution in [1.82, 2.24) is 5.32 Å². The molecule has 23 N–H and O–H groups in total. The normalized spacial score (nSPS) is 40.5. The highest BCUT2D eigenvalue weighted by Gasteiger charge is 2.54. The molecule has 4 saturated heterocycles. The van der Waals surface area contributed by atoms with Gasteiger partial charge in [-0.25, -0.2) is 0 Å². The zero-order chi connectivity index (χ0) is 55.1. The highest BCUT2D eigenvalue weighted by molar-refractivity contribution is 4.97. The summed E-state index contributed by atoms with van der Waals surface area (Å²) in [6.45, 7) is -5.31. The van der Waals surface area contributed by atoms with Gasteiger partial charge in [0, 0.05) is 6.54 Å². The van der Waals surface area contributed by atoms with Crippen LogP contribution in [0, 0.1) is 0 Å². The van der Waals surface area contributed by atoms with Crippen LogP contribution in [0.2, 0.25) is 0 Å². The molecule has 31 nitrogen and oxygen atoms in total. The molecule has 0 spiro atoms. The van der Waals surface area contributed by atoms with Gasteiger partial charge < -0.3 is 156 Å². The van der Waals surface area contributed by atoms with E-state index in [1.54, 1.807) is 0 Å². The minimum atomic E-state index is -2.05. The first-order valence-electron chi connectivity index (χ1n) is 24.6. The minimum Gasteiger partial charge on any atom is -0.394 e. The van der Waals surface area contributed by atoms with Crippen LogP contribution in [0.25, 0.3) is 0 Å². The Labute approximate surface area is 424 Å². The van der Waals surface area contributed by atoms with Crippen LogP contribution in [-0.2, 0) is 37.9 Å². The lowest BCUT2D eigenvalue weighted by molar-refractivity contribution is -0.367. The van der Waals surface area contributed by atoms with Crippen LogP contribution < -0.4 is 5.32 Å². The van der Waals surface area contributed by atoms with Gasteiger partial charge in [-0.1, -0.05) is 32.1 Å². The van der Waals surface area contributed by atoms with Gasteiger partial charge in [-0.15, -0.1) is 0 Å². The summed E-state index contributed by atoms with van der Waals surface area (Å²) in [7, 11) is 0. The summed E-state index contributed by atoms with van der Waals surface area (Å²) in [5, 5.41) is 230. The standard InChI is InChI=1S/C43H81NO30/c45-10-18(53)36(71-42-34(65)30(61)38(22(14-49)69-42)73-40-32(63)28(59)26(57)20(12-47)67-40)24(55)16(51)7-5-3-1-2-4-6-8-44-9-17(52)25(56)37(19(54)11-46)72-43-35(66)31(62)39(23(15-50)70-43)74-41-33(64)29(60)27(58)21(13-48)68-41/h16-66H,1-15H2/t16-,17+,18?,19?,20?,21?,22?,23?,24?,25-,26-,27+,28?,29-,30?,31?,32+,33-,34+,35-,36-,37?,38-,39+,40?,41?,42?,43?/m1/s1. The molecule has 31 heteroatoms. The van der Waals surface area contributed by atoms with Gasteiger partial charge in [-0.3, -0.25) is 0 Å². The van der Waals surface area contributed by atoms with E-state index in [2.05, 4.69) is 5.32 Å². The van der Waals surface area contributed by atoms with E-state index in [0.29, 0.717) is 45.1 Å². The van der Waals surface area contributed by atoms with Gasteiger partial charge >= 0.3 is 0 Å². The van der Waals surface area contributed by atoms with Crippen molar-refractivity contribution in [2.24, 2.45) is 0 Å². The smallest absolute Gasteiger partial charge is 0.187 e. The van der Waals surface area contributed by atoms with Gasteiger partial charge in [-0.2, -0.15) is 0 Å². The fourth-order valence-electron chi connectivity index (χ4n) is 8.94. The van der Waals surface area contributed by atoms with Crippen molar-refractivity contribution in [3.63, 3.8) is 0 Å². The first kappa shape index (κ1) is 65.3. The Morgan fingerprint density at radius 3 is 1.11 bits per heavy atom. The average Bonchev–Trinajstić information content (AvgIpc) is 3.40. The van der Waals surface area contributed by atoms with Crippen LogP contribution in [0.15, 0.2) is 0 Å². The van der Waals surface area contributed by atoms with Gasteiger partial charge in [0.15, 0.2) is 25.2 Å². The number of aliphatic hydroxyl groups is 22. The van der Waals surface area contributed by atoms with Gasteiger partial charge in [0.05, 0.1) is 51.8 Å². The highest BCUT2D eigenvalue weighted by Crippen LogP contribution is 2.33. The Morgan fingerprint density at radius 2 is 0.716 bits per heavy atom. The van der Waals surface area contributed by atoms with Crippen molar-refractivity contribution in [2.75, 3.05) is 52.7 Å². The predicted molar refractivity (Wildman–Crippen MR) is 238 cm³/mol. The lowest BCUT2D eigenvalue weighted by atomic mass is 9.96. The molecule has 4 heterocycles. The zero-order valence-electron chi connectivity index (χ0n) is 40.4. The second-order valence-corrected chi connectivity index (χ2v) is 18.9. The fraction of sp³-hybridized carbons (Fsp3) is 1.00. The van der Waals surface area contributed by atoms with E-state index in [1.807, 2.05) is 0 Å². The molecular weight excluding hydrogens is 1010 g/mol. The van der Waals surface area contributed by atoms with E-state index >= 15 is 0 Å². The lowest BCUT2D eigenvalue weighted by Crippen LogP contribution is -2.65. The highest BCUT2D eigenvalue weighted by atomic mass is 16.8. The molecule has 4 aliphatic heterocycles. The molecule has 4 rings (SSSR count). The second-order valence-electron chi connectivity index (χ2n) is 18.9. The third-order valence-electron chi connectivity index (χ3n) is 13.6. The summed E-state index contributed by atoms with van der Waals surface area (Å²) in [5.74, 6) is 0. The van der Waals surface area contributed by atoms with Crippen LogP contribution >= 0.6 is 0 Å². The maximum absolute atomic E-state index is 11.0. The first-order valence-corrected chi connectivity index (χ1v) is 24.6. The number of hydrogen-bond donors (Lipinski definition) is 23. The summed E-state index contributed by atoms with van der Waals surface area (Å²) in [5.41, 5.74) is 0. The van der Waals surface area contributed by atoms with Gasteiger partial charge in [0.25, 0.3) is 0 Å². The van der Waals surface area contributed by atoms with E-state index in [9.17, 15) is 112 Å². The Morgan fingerprint density at radius 1 is 0.365 bits per heavy atom. The number of hydrogen-bond acceptors (Lipinski definition) is 31. The number of rotatable bonds is 31. The monoisotopic (exact) mass is 1090 g/mol. The van der Waals surface area contributed by atoms with Crippen molar-refractivity contribution in [3.05, 3.63) is 0 Å². The zero-order valence-corrected chi connectivity index (χ0v) is 40.4. The Bertz CT molecular complexity index is 1420. The predicted octanol–water partition coefficient (Wildman–Crippen LogP) is -12.5. The van der Waals surface area contributed by atoms with Gasteiger partial charge in [-0.05, 0) is 19.4 Å². The molecule has 15 unspecified atom stereocenters. The van der Waals surface area contributed by atoms with Crippen molar-refractivity contribution in [3.8, 4) is 0 Å². The van der Waals surface area contributed by atoms with Crippen molar-refractivity contribution >= 4 is 0 Å². The fourth-order valence-corrected chi connectivity index (χ4v) is 8.94. The van der Waals surface area contributed by atoms with Gasteiger partial charge in [0.1, 0.15) is 134 Å². The van der Waals surface area contributed by atoms with Crippen LogP contribution in [0.3, 0.4) is 0 Å². The molecule has 438 valence electrons. The third-order valence-corrected chi connectivity index (χ3v) is 13.6. The number of nitrogens with one attached hydrogen (secondary N) is 1. The van der Waals surface area contributed by atoms with E-state index in [4.69, 9.17) is 37.9 Å². The molecule has 0 amide bonds. The summed E-state index contributed by atoms with van der Waals surface area (Å²) >= 11 is 0. The quantitative estimate of drug-likeness (QED) is 0.0287. The molecule has 0 aliphatic carbocycles. The van der Waals surface area contributed by atoms with Crippen LogP contribution in [-0.4, -0.2) is 337 Å². The van der Waals surface area contributed by atoms with E-state index in [0.717, 1.165) is 0 Å². The summed E-state index contributed by atoms with van der Waals surface area (Å²) in [4.78, 5) is 0. The maximum atomic E-state index is 11.0. The molecule has 0 bridgehead atoms. The van der Waals surface area contributed by atoms with E-state index in [1.165, 1.54) is 0 Å². The Kier molecular flexibility index (Phi) is 27.8. The largest absolute Gasteiger partial charge is 0.394 e. The van der Waals surface area contributed by atoms with E-state index in [-0.39, 0.29) is 13.0 Å². The SMILES string of the molecule is OCC(O)C(OC1OC(CO)[C@H](OC2OC(CO)[C@H](O)[C@@H](O)[C@H]2O)C(O)[C@H]1O)[C@H](O)[C@@H](O)CNCCCCCCCC[C@@H](O)C(O)[C@H](OC1OC(CO)[C@@H](OC2OC(CO)[C@@H](O)C(O)[C@@H]2O)C(O)[C@@H]1O)C(O)CO. The van der Waals surface area contributed by atoms with Crippen molar-refractivity contribution < 1.29 is 150 Å². The first-order chi connectivity index (χ1) is 35.1. The Balaban J connectivity index is 1.17. The molecule has 4 aliphatic rings. The molecule has 0 radical (unpaired) electrons. The summed E-state index contributed by atoms with van der Waals surface area (Å²) in [6, 6.07) is 0.